The highest BCUT2D eigenvalue weighted by molar-refractivity contribution is 7.18. The molecule has 8 heteroatoms. The van der Waals surface area contributed by atoms with Crippen LogP contribution < -0.4 is 0 Å². The van der Waals surface area contributed by atoms with Crippen molar-refractivity contribution in [3.05, 3.63) is 63.1 Å². The van der Waals surface area contributed by atoms with Crippen LogP contribution in [0.3, 0.4) is 0 Å². The molecule has 1 aliphatic rings. The van der Waals surface area contributed by atoms with Gasteiger partial charge < -0.3 is 9.88 Å². The lowest BCUT2D eigenvalue weighted by molar-refractivity contribution is 0.0695. The summed E-state index contributed by atoms with van der Waals surface area (Å²) in [5.74, 6) is -0.0119. The molecule has 1 amide bonds. The van der Waals surface area contributed by atoms with Crippen molar-refractivity contribution in [2.24, 2.45) is 0 Å². The number of nitrogens with zero attached hydrogens (tertiary/aromatic N) is 4. The monoisotopic (exact) mass is 381 g/mol. The van der Waals surface area contributed by atoms with E-state index in [1.165, 1.54) is 16.9 Å². The second-order valence-electron chi connectivity index (χ2n) is 6.26. The van der Waals surface area contributed by atoms with Crippen LogP contribution >= 0.6 is 22.7 Å². The van der Waals surface area contributed by atoms with Crippen LogP contribution in [-0.4, -0.2) is 37.3 Å². The standard InChI is InChI=1S/C18H15N5OS2/c1-10-3-2-4-12-16(10)26-17(22-12)15-14-11(20-8-21-14)5-6-23(15)18(24)13-7-19-9-25-13/h2-4,7-9,15H,5-6H2,1H3,(H,20,21)/t15-/m0/s1. The molecule has 4 heterocycles. The molecule has 4 aromatic rings. The highest BCUT2D eigenvalue weighted by atomic mass is 32.1. The number of rotatable bonds is 2. The molecule has 0 bridgehead atoms. The van der Waals surface area contributed by atoms with E-state index in [9.17, 15) is 4.79 Å². The van der Waals surface area contributed by atoms with Gasteiger partial charge in [0, 0.05) is 18.7 Å². The number of fused-ring (bicyclic) bond motifs is 2. The molecular formula is C18H15N5OS2. The van der Waals surface area contributed by atoms with Gasteiger partial charge in [-0.25, -0.2) is 9.97 Å². The maximum Gasteiger partial charge on any atom is 0.266 e. The molecule has 6 nitrogen and oxygen atoms in total. The molecule has 0 spiro atoms. The number of aromatic amines is 1. The van der Waals surface area contributed by atoms with Crippen molar-refractivity contribution in [3.8, 4) is 0 Å². The Morgan fingerprint density at radius 2 is 2.31 bits per heavy atom. The van der Waals surface area contributed by atoms with Crippen molar-refractivity contribution in [1.29, 1.82) is 0 Å². The first-order valence-corrected chi connectivity index (χ1v) is 9.99. The second-order valence-corrected chi connectivity index (χ2v) is 8.18. The smallest absolute Gasteiger partial charge is 0.266 e. The van der Waals surface area contributed by atoms with Crippen LogP contribution in [0.15, 0.2) is 36.2 Å². The number of nitrogens with one attached hydrogen (secondary N) is 1. The zero-order valence-electron chi connectivity index (χ0n) is 14.0. The summed E-state index contributed by atoms with van der Waals surface area (Å²) in [4.78, 5) is 32.3. The lowest BCUT2D eigenvalue weighted by Gasteiger charge is -2.33. The van der Waals surface area contributed by atoms with Gasteiger partial charge in [0.25, 0.3) is 5.91 Å². The summed E-state index contributed by atoms with van der Waals surface area (Å²) < 4.78 is 1.16. The number of H-pyrrole nitrogens is 1. The Kier molecular flexibility index (Phi) is 3.61. The van der Waals surface area contributed by atoms with Gasteiger partial charge in [-0.2, -0.15) is 0 Å². The van der Waals surface area contributed by atoms with Gasteiger partial charge in [-0.05, 0) is 18.6 Å². The van der Waals surface area contributed by atoms with Crippen LogP contribution in [0.25, 0.3) is 10.2 Å². The van der Waals surface area contributed by atoms with Crippen LogP contribution in [0.1, 0.15) is 37.7 Å². The van der Waals surface area contributed by atoms with E-state index in [2.05, 4.69) is 27.9 Å². The van der Waals surface area contributed by atoms with Gasteiger partial charge in [0.2, 0.25) is 0 Å². The highest BCUT2D eigenvalue weighted by Gasteiger charge is 2.37. The number of aryl methyl sites for hydroxylation is 1. The molecule has 5 rings (SSSR count). The molecule has 26 heavy (non-hydrogen) atoms. The molecule has 0 saturated heterocycles. The molecule has 3 aromatic heterocycles. The molecule has 0 unspecified atom stereocenters. The zero-order chi connectivity index (χ0) is 17.7. The maximum atomic E-state index is 13.1. The number of hydrogen-bond acceptors (Lipinski definition) is 6. The number of thiazole rings is 2. The lowest BCUT2D eigenvalue weighted by atomic mass is 10.0. The first-order valence-electron chi connectivity index (χ1n) is 8.30. The minimum Gasteiger partial charge on any atom is -0.348 e. The van der Waals surface area contributed by atoms with Gasteiger partial charge in [-0.1, -0.05) is 12.1 Å². The van der Waals surface area contributed by atoms with E-state index in [4.69, 9.17) is 4.98 Å². The summed E-state index contributed by atoms with van der Waals surface area (Å²) in [6.45, 7) is 2.72. The van der Waals surface area contributed by atoms with E-state index in [1.54, 1.807) is 29.4 Å². The van der Waals surface area contributed by atoms with Gasteiger partial charge in [-0.15, -0.1) is 22.7 Å². The predicted octanol–water partition coefficient (Wildman–Crippen LogP) is 3.57. The normalized spacial score (nSPS) is 16.8. The summed E-state index contributed by atoms with van der Waals surface area (Å²) >= 11 is 3.01. The average molecular weight is 381 g/mol. The topological polar surface area (TPSA) is 74.8 Å². The number of benzene rings is 1. The van der Waals surface area contributed by atoms with E-state index in [0.717, 1.165) is 33.0 Å². The Bertz CT molecular complexity index is 1100. The molecule has 0 aliphatic carbocycles. The Morgan fingerprint density at radius 3 is 3.12 bits per heavy atom. The van der Waals surface area contributed by atoms with Crippen LogP contribution in [0.4, 0.5) is 0 Å². The summed E-state index contributed by atoms with van der Waals surface area (Å²) in [6.07, 6.45) is 4.10. The Hall–Kier alpha value is -2.58. The summed E-state index contributed by atoms with van der Waals surface area (Å²) in [7, 11) is 0. The first-order chi connectivity index (χ1) is 12.7. The molecule has 1 N–H and O–H groups in total. The molecule has 0 saturated carbocycles. The third-order valence-electron chi connectivity index (χ3n) is 4.69. The minimum atomic E-state index is -0.267. The fourth-order valence-electron chi connectivity index (χ4n) is 3.43. The lowest BCUT2D eigenvalue weighted by Crippen LogP contribution is -2.40. The zero-order valence-corrected chi connectivity index (χ0v) is 15.6. The van der Waals surface area contributed by atoms with Crippen LogP contribution in [-0.2, 0) is 6.42 Å². The average Bonchev–Trinajstić information content (AvgIpc) is 3.39. The van der Waals surface area contributed by atoms with E-state index in [1.807, 2.05) is 17.0 Å². The van der Waals surface area contributed by atoms with Gasteiger partial charge in [0.1, 0.15) is 15.9 Å². The summed E-state index contributed by atoms with van der Waals surface area (Å²) in [5.41, 5.74) is 5.83. The first kappa shape index (κ1) is 15.7. The van der Waals surface area contributed by atoms with Gasteiger partial charge in [-0.3, -0.25) is 9.78 Å². The molecule has 0 fully saturated rings. The maximum absolute atomic E-state index is 13.1. The Balaban J connectivity index is 1.66. The quantitative estimate of drug-likeness (QED) is 0.576. The van der Waals surface area contributed by atoms with E-state index < -0.39 is 0 Å². The van der Waals surface area contributed by atoms with E-state index in [-0.39, 0.29) is 11.9 Å². The molecule has 1 aromatic carbocycles. The fraction of sp³-hybridized carbons (Fsp3) is 0.222. The number of carbonyl (C=O) groups is 1. The summed E-state index contributed by atoms with van der Waals surface area (Å²) in [6, 6.07) is 5.86. The highest BCUT2D eigenvalue weighted by Crippen LogP contribution is 2.39. The molecule has 130 valence electrons. The van der Waals surface area contributed by atoms with Gasteiger partial charge >= 0.3 is 0 Å². The molecule has 0 radical (unpaired) electrons. The predicted molar refractivity (Wildman–Crippen MR) is 102 cm³/mol. The van der Waals surface area contributed by atoms with Gasteiger partial charge in [0.15, 0.2) is 0 Å². The van der Waals surface area contributed by atoms with Crippen LogP contribution in [0, 0.1) is 6.92 Å². The van der Waals surface area contributed by atoms with Crippen molar-refractivity contribution in [2.75, 3.05) is 6.54 Å². The SMILES string of the molecule is Cc1cccc2nc([C@@H]3c4nc[nH]c4CCN3C(=O)c3cncs3)sc12. The summed E-state index contributed by atoms with van der Waals surface area (Å²) in [5, 5.41) is 0.903. The second kappa shape index (κ2) is 6.00. The molecule has 1 aliphatic heterocycles. The molecule has 1 atom stereocenters. The number of imidazole rings is 1. The van der Waals surface area contributed by atoms with Crippen molar-refractivity contribution in [1.82, 2.24) is 24.8 Å². The van der Waals surface area contributed by atoms with Crippen LogP contribution in [0.2, 0.25) is 0 Å². The minimum absolute atomic E-state index is 0.0119. The van der Waals surface area contributed by atoms with E-state index in [0.29, 0.717) is 11.4 Å². The fourth-order valence-corrected chi connectivity index (χ4v) is 5.16. The van der Waals surface area contributed by atoms with Crippen molar-refractivity contribution in [3.63, 3.8) is 0 Å². The van der Waals surface area contributed by atoms with Crippen molar-refractivity contribution >= 4 is 38.8 Å². The number of aromatic nitrogens is 4. The number of hydrogen-bond donors (Lipinski definition) is 1. The third-order valence-corrected chi connectivity index (χ3v) is 6.71. The van der Waals surface area contributed by atoms with Gasteiger partial charge in [0.05, 0.1) is 33.9 Å². The Labute approximate surface area is 157 Å². The number of amides is 1. The largest absolute Gasteiger partial charge is 0.348 e. The van der Waals surface area contributed by atoms with Crippen molar-refractivity contribution in [2.45, 2.75) is 19.4 Å². The third kappa shape index (κ3) is 2.37. The molecular weight excluding hydrogens is 366 g/mol. The van der Waals surface area contributed by atoms with Crippen LogP contribution in [0.5, 0.6) is 0 Å². The van der Waals surface area contributed by atoms with E-state index >= 15 is 0 Å². The Morgan fingerprint density at radius 1 is 1.38 bits per heavy atom. The van der Waals surface area contributed by atoms with Crippen molar-refractivity contribution < 1.29 is 4.79 Å². The number of carbonyl (C=O) groups excluding carboxylic acids is 1.